The van der Waals surface area contributed by atoms with E-state index in [-0.39, 0.29) is 11.4 Å². The molecule has 0 bridgehead atoms. The molecule has 76 valence electrons. The molecule has 2 N–H and O–H groups in total. The fourth-order valence-corrected chi connectivity index (χ4v) is 0.861. The highest BCUT2D eigenvalue weighted by molar-refractivity contribution is 5.68. The van der Waals surface area contributed by atoms with Crippen LogP contribution in [0, 0.1) is 0 Å². The summed E-state index contributed by atoms with van der Waals surface area (Å²) in [5, 5.41) is 8.33. The summed E-state index contributed by atoms with van der Waals surface area (Å²) in [5.74, 6) is -0.601. The minimum absolute atomic E-state index is 0.0352. The molecule has 0 saturated carbocycles. The van der Waals surface area contributed by atoms with Gasteiger partial charge in [0, 0.05) is 6.42 Å². The second-order valence-electron chi connectivity index (χ2n) is 2.57. The predicted octanol–water partition coefficient (Wildman–Crippen LogP) is -0.204. The van der Waals surface area contributed by atoms with Gasteiger partial charge in [0.15, 0.2) is 6.61 Å². The second-order valence-corrected chi connectivity index (χ2v) is 2.57. The number of carboxylic acid groups (broad SMARTS) is 1. The summed E-state index contributed by atoms with van der Waals surface area (Å²) in [6.45, 7) is 1.32. The molecule has 0 aliphatic carbocycles. The van der Waals surface area contributed by atoms with Gasteiger partial charge < -0.3 is 14.8 Å². The zero-order chi connectivity index (χ0) is 10.6. The van der Waals surface area contributed by atoms with E-state index in [4.69, 9.17) is 9.84 Å². The number of ether oxygens (including phenoxy) is 1. The van der Waals surface area contributed by atoms with Crippen LogP contribution < -0.4 is 10.3 Å². The fourth-order valence-electron chi connectivity index (χ4n) is 0.861. The van der Waals surface area contributed by atoms with Crippen molar-refractivity contribution in [1.29, 1.82) is 0 Å². The number of H-pyrrole nitrogens is 1. The Bertz CT molecular complexity index is 385. The van der Waals surface area contributed by atoms with Gasteiger partial charge in [0.25, 0.3) is 5.56 Å². The summed E-state index contributed by atoms with van der Waals surface area (Å²) in [5.41, 5.74) is -0.350. The molecule has 1 aromatic heterocycles. The quantitative estimate of drug-likeness (QED) is 0.698. The first kappa shape index (κ1) is 10.2. The van der Waals surface area contributed by atoms with Crippen molar-refractivity contribution < 1.29 is 14.6 Å². The highest BCUT2D eigenvalue weighted by Gasteiger charge is 2.03. The number of nitrogens with one attached hydrogen (secondary N) is 1. The molecule has 0 radical (unpaired) electrons. The Balaban J connectivity index is 2.81. The zero-order valence-corrected chi connectivity index (χ0v) is 7.61. The molecule has 6 heteroatoms. The standard InChI is InChI=1S/C8H10N2O4/c1-2-5-9-6(11)3-7(10-5)14-4-8(12)13/h3H,2,4H2,1H3,(H,12,13)(H,9,10,11). The topological polar surface area (TPSA) is 92.3 Å². The number of nitrogens with zero attached hydrogens (tertiary/aromatic N) is 1. The van der Waals surface area contributed by atoms with Crippen LogP contribution in [0.15, 0.2) is 10.9 Å². The number of aromatic nitrogens is 2. The van der Waals surface area contributed by atoms with Crippen molar-refractivity contribution in [2.24, 2.45) is 0 Å². The van der Waals surface area contributed by atoms with Crippen LogP contribution in [0.2, 0.25) is 0 Å². The third kappa shape index (κ3) is 2.89. The maximum atomic E-state index is 11.0. The van der Waals surface area contributed by atoms with Crippen molar-refractivity contribution in [2.75, 3.05) is 6.61 Å². The SMILES string of the molecule is CCc1nc(OCC(=O)O)cc(=O)[nH]1. The average Bonchev–Trinajstić information content (AvgIpc) is 2.14. The van der Waals surface area contributed by atoms with Gasteiger partial charge in [-0.1, -0.05) is 6.92 Å². The van der Waals surface area contributed by atoms with Gasteiger partial charge in [0.2, 0.25) is 5.88 Å². The normalized spacial score (nSPS) is 9.79. The monoisotopic (exact) mass is 198 g/mol. The smallest absolute Gasteiger partial charge is 0.341 e. The van der Waals surface area contributed by atoms with E-state index in [1.54, 1.807) is 0 Å². The maximum absolute atomic E-state index is 11.0. The molecule has 0 aromatic carbocycles. The summed E-state index contributed by atoms with van der Waals surface area (Å²) in [7, 11) is 0. The van der Waals surface area contributed by atoms with E-state index in [0.29, 0.717) is 12.2 Å². The number of hydrogen-bond acceptors (Lipinski definition) is 4. The van der Waals surface area contributed by atoms with Crippen LogP contribution in [0.1, 0.15) is 12.7 Å². The first-order chi connectivity index (χ1) is 6.61. The van der Waals surface area contributed by atoms with Crippen molar-refractivity contribution in [3.05, 3.63) is 22.2 Å². The lowest BCUT2D eigenvalue weighted by Gasteiger charge is -2.02. The Labute approximate surface area is 79.6 Å². The van der Waals surface area contributed by atoms with Gasteiger partial charge in [0.1, 0.15) is 5.82 Å². The van der Waals surface area contributed by atoms with Crippen LogP contribution in [0.3, 0.4) is 0 Å². The van der Waals surface area contributed by atoms with E-state index in [9.17, 15) is 9.59 Å². The lowest BCUT2D eigenvalue weighted by Crippen LogP contribution is -2.15. The third-order valence-electron chi connectivity index (χ3n) is 1.45. The summed E-state index contributed by atoms with van der Waals surface area (Å²) in [6.07, 6.45) is 0.555. The van der Waals surface area contributed by atoms with Crippen molar-refractivity contribution in [3.63, 3.8) is 0 Å². The van der Waals surface area contributed by atoms with Gasteiger partial charge in [0.05, 0.1) is 6.07 Å². The third-order valence-corrected chi connectivity index (χ3v) is 1.45. The highest BCUT2D eigenvalue weighted by atomic mass is 16.5. The molecule has 0 unspecified atom stereocenters. The predicted molar refractivity (Wildman–Crippen MR) is 47.4 cm³/mol. The Morgan fingerprint density at radius 1 is 1.71 bits per heavy atom. The highest BCUT2D eigenvalue weighted by Crippen LogP contribution is 2.01. The van der Waals surface area contributed by atoms with Crippen LogP contribution in [-0.4, -0.2) is 27.7 Å². The van der Waals surface area contributed by atoms with Gasteiger partial charge in [-0.05, 0) is 0 Å². The molecule has 0 fully saturated rings. The first-order valence-electron chi connectivity index (χ1n) is 4.06. The number of rotatable bonds is 4. The molecular formula is C8H10N2O4. The number of hydrogen-bond donors (Lipinski definition) is 2. The maximum Gasteiger partial charge on any atom is 0.341 e. The number of carboxylic acids is 1. The van der Waals surface area contributed by atoms with E-state index in [1.807, 2.05) is 6.92 Å². The van der Waals surface area contributed by atoms with Crippen molar-refractivity contribution in [3.8, 4) is 5.88 Å². The molecule has 0 aliphatic heterocycles. The lowest BCUT2D eigenvalue weighted by atomic mass is 10.4. The van der Waals surface area contributed by atoms with Crippen LogP contribution in [0.25, 0.3) is 0 Å². The summed E-state index contributed by atoms with van der Waals surface area (Å²) in [6, 6.07) is 1.11. The van der Waals surface area contributed by atoms with Crippen LogP contribution in [-0.2, 0) is 11.2 Å². The molecule has 14 heavy (non-hydrogen) atoms. The number of aromatic amines is 1. The second kappa shape index (κ2) is 4.40. The van der Waals surface area contributed by atoms with Crippen molar-refractivity contribution in [1.82, 2.24) is 9.97 Å². The molecule has 0 spiro atoms. The van der Waals surface area contributed by atoms with E-state index in [2.05, 4.69) is 9.97 Å². The molecule has 0 saturated heterocycles. The molecule has 0 atom stereocenters. The van der Waals surface area contributed by atoms with Gasteiger partial charge in [-0.3, -0.25) is 4.79 Å². The summed E-state index contributed by atoms with van der Waals surface area (Å²) < 4.78 is 4.76. The van der Waals surface area contributed by atoms with Gasteiger partial charge >= 0.3 is 5.97 Å². The average molecular weight is 198 g/mol. The largest absolute Gasteiger partial charge is 0.479 e. The summed E-state index contributed by atoms with van der Waals surface area (Å²) >= 11 is 0. The molecular weight excluding hydrogens is 188 g/mol. The molecule has 6 nitrogen and oxygen atoms in total. The Hall–Kier alpha value is -1.85. The van der Waals surface area contributed by atoms with E-state index in [0.717, 1.165) is 6.07 Å². The molecule has 1 aromatic rings. The fraction of sp³-hybridized carbons (Fsp3) is 0.375. The first-order valence-corrected chi connectivity index (χ1v) is 4.06. The Morgan fingerprint density at radius 3 is 3.00 bits per heavy atom. The van der Waals surface area contributed by atoms with Crippen LogP contribution in [0.5, 0.6) is 5.88 Å². The molecule has 0 amide bonds. The molecule has 1 heterocycles. The van der Waals surface area contributed by atoms with Crippen molar-refractivity contribution >= 4 is 5.97 Å². The molecule has 1 rings (SSSR count). The van der Waals surface area contributed by atoms with E-state index < -0.39 is 12.6 Å². The lowest BCUT2D eigenvalue weighted by molar-refractivity contribution is -0.139. The van der Waals surface area contributed by atoms with Gasteiger partial charge in [-0.15, -0.1) is 0 Å². The summed E-state index contributed by atoms with van der Waals surface area (Å²) in [4.78, 5) is 27.5. The number of carbonyl (C=O) groups is 1. The van der Waals surface area contributed by atoms with Crippen molar-refractivity contribution in [2.45, 2.75) is 13.3 Å². The van der Waals surface area contributed by atoms with Crippen LogP contribution in [0.4, 0.5) is 0 Å². The van der Waals surface area contributed by atoms with E-state index in [1.165, 1.54) is 0 Å². The van der Waals surface area contributed by atoms with E-state index >= 15 is 0 Å². The minimum atomic E-state index is -1.11. The minimum Gasteiger partial charge on any atom is -0.479 e. The zero-order valence-electron chi connectivity index (χ0n) is 7.61. The number of aliphatic carboxylic acids is 1. The molecule has 0 aliphatic rings. The Kier molecular flexibility index (Phi) is 3.22. The number of aryl methyl sites for hydroxylation is 1. The van der Waals surface area contributed by atoms with Crippen LogP contribution >= 0.6 is 0 Å². The van der Waals surface area contributed by atoms with Gasteiger partial charge in [-0.25, -0.2) is 9.78 Å². The van der Waals surface area contributed by atoms with Gasteiger partial charge in [-0.2, -0.15) is 0 Å². The Morgan fingerprint density at radius 2 is 2.43 bits per heavy atom.